The van der Waals surface area contributed by atoms with E-state index in [2.05, 4.69) is 62.8 Å². The van der Waals surface area contributed by atoms with Gasteiger partial charge in [0.25, 0.3) is 0 Å². The van der Waals surface area contributed by atoms with Crippen LogP contribution >= 0.6 is 0 Å². The smallest absolute Gasteiger partial charge is 0.230 e. The van der Waals surface area contributed by atoms with Gasteiger partial charge in [-0.2, -0.15) is 0 Å². The van der Waals surface area contributed by atoms with E-state index in [0.717, 1.165) is 37.3 Å². The highest BCUT2D eigenvalue weighted by Gasteiger charge is 2.27. The molecule has 2 aliphatic rings. The molecule has 0 spiro atoms. The van der Waals surface area contributed by atoms with Crippen molar-refractivity contribution in [2.24, 2.45) is 10.7 Å². The number of fused-ring (bicyclic) bond motifs is 1. The summed E-state index contributed by atoms with van der Waals surface area (Å²) in [5.41, 5.74) is 9.89. The van der Waals surface area contributed by atoms with Crippen molar-refractivity contribution < 1.29 is 4.74 Å². The standard InChI is InChI=1S/C23H33N5O/c1-3-4-15-29-23-25-21(24)20-11-14-28(22(20)26(23)2)17-19-9-7-18(8-10-19)16-27-12-5-6-13-27/h7-11,14,23H,3-6,12-13,15-17H2,1-2H3,(H2,24,25). The Labute approximate surface area is 174 Å². The Morgan fingerprint density at radius 1 is 1.07 bits per heavy atom. The van der Waals surface area contributed by atoms with Gasteiger partial charge in [-0.15, -0.1) is 0 Å². The average Bonchev–Trinajstić information content (AvgIpc) is 3.38. The van der Waals surface area contributed by atoms with Crippen molar-refractivity contribution in [3.63, 3.8) is 0 Å². The number of anilines is 1. The average molecular weight is 396 g/mol. The fraction of sp³-hybridized carbons (Fsp3) is 0.522. The van der Waals surface area contributed by atoms with E-state index < -0.39 is 0 Å². The van der Waals surface area contributed by atoms with Crippen LogP contribution in [0.1, 0.15) is 49.3 Å². The minimum atomic E-state index is -0.356. The molecular formula is C23H33N5O. The van der Waals surface area contributed by atoms with Gasteiger partial charge >= 0.3 is 0 Å². The normalized spacial score (nSPS) is 19.4. The molecule has 6 heteroatoms. The molecule has 1 fully saturated rings. The number of aliphatic imine (C=N–C) groups is 1. The Bertz CT molecular complexity index is 835. The number of unbranched alkanes of at least 4 members (excludes halogenated alkanes) is 1. The highest BCUT2D eigenvalue weighted by atomic mass is 16.5. The van der Waals surface area contributed by atoms with Gasteiger partial charge in [0.2, 0.25) is 6.35 Å². The number of hydrogen-bond acceptors (Lipinski definition) is 5. The molecule has 0 amide bonds. The van der Waals surface area contributed by atoms with Crippen LogP contribution in [0.15, 0.2) is 41.5 Å². The third-order valence-electron chi connectivity index (χ3n) is 5.87. The van der Waals surface area contributed by atoms with E-state index in [1.54, 1.807) is 0 Å². The van der Waals surface area contributed by atoms with Crippen LogP contribution in [0.25, 0.3) is 0 Å². The zero-order chi connectivity index (χ0) is 20.2. The first-order valence-electron chi connectivity index (χ1n) is 10.8. The van der Waals surface area contributed by atoms with Crippen LogP contribution in [0.3, 0.4) is 0 Å². The van der Waals surface area contributed by atoms with Crippen LogP contribution in [0, 0.1) is 0 Å². The largest absolute Gasteiger partial charge is 0.383 e. The molecule has 1 aromatic carbocycles. The summed E-state index contributed by atoms with van der Waals surface area (Å²) in [6.07, 6.45) is 6.53. The maximum absolute atomic E-state index is 6.23. The molecule has 2 N–H and O–H groups in total. The van der Waals surface area contributed by atoms with Gasteiger partial charge in [0.15, 0.2) is 0 Å². The summed E-state index contributed by atoms with van der Waals surface area (Å²) in [5.74, 6) is 1.62. The van der Waals surface area contributed by atoms with Crippen molar-refractivity contribution in [3.8, 4) is 0 Å². The second kappa shape index (κ2) is 9.01. The Morgan fingerprint density at radius 3 is 2.45 bits per heavy atom. The predicted molar refractivity (Wildman–Crippen MR) is 118 cm³/mol. The molecule has 0 saturated carbocycles. The van der Waals surface area contributed by atoms with E-state index in [1.165, 1.54) is 37.1 Å². The molecule has 1 unspecified atom stereocenters. The van der Waals surface area contributed by atoms with Gasteiger partial charge in [0, 0.05) is 26.3 Å². The van der Waals surface area contributed by atoms with Crippen LogP contribution < -0.4 is 10.6 Å². The number of likely N-dealkylation sites (tertiary alicyclic amines) is 1. The van der Waals surface area contributed by atoms with E-state index in [4.69, 9.17) is 10.5 Å². The summed E-state index contributed by atoms with van der Waals surface area (Å²) in [6.45, 7) is 7.18. The second-order valence-corrected chi connectivity index (χ2v) is 8.16. The van der Waals surface area contributed by atoms with Crippen molar-refractivity contribution in [1.29, 1.82) is 0 Å². The molecule has 0 bridgehead atoms. The van der Waals surface area contributed by atoms with E-state index in [0.29, 0.717) is 12.4 Å². The lowest BCUT2D eigenvalue weighted by Gasteiger charge is -2.32. The summed E-state index contributed by atoms with van der Waals surface area (Å²) < 4.78 is 8.20. The Balaban J connectivity index is 1.46. The molecule has 3 heterocycles. The van der Waals surface area contributed by atoms with Crippen LogP contribution in [0.4, 0.5) is 5.82 Å². The molecule has 1 atom stereocenters. The number of nitrogens with zero attached hydrogens (tertiary/aromatic N) is 4. The Morgan fingerprint density at radius 2 is 1.76 bits per heavy atom. The van der Waals surface area contributed by atoms with E-state index in [1.807, 2.05) is 7.05 Å². The SMILES string of the molecule is CCCCOC1N=C(N)c2ccn(Cc3ccc(CN4CCCC4)cc3)c2N1C. The summed E-state index contributed by atoms with van der Waals surface area (Å²) >= 11 is 0. The first kappa shape index (κ1) is 20.0. The van der Waals surface area contributed by atoms with Crippen LogP contribution in [0.5, 0.6) is 0 Å². The highest BCUT2D eigenvalue weighted by molar-refractivity contribution is 6.03. The molecule has 156 valence electrons. The lowest BCUT2D eigenvalue weighted by atomic mass is 10.1. The van der Waals surface area contributed by atoms with Gasteiger partial charge in [-0.25, -0.2) is 4.99 Å². The number of benzene rings is 1. The van der Waals surface area contributed by atoms with Gasteiger partial charge in [0.1, 0.15) is 11.7 Å². The summed E-state index contributed by atoms with van der Waals surface area (Å²) in [4.78, 5) is 9.16. The molecule has 2 aliphatic heterocycles. The minimum Gasteiger partial charge on any atom is -0.383 e. The van der Waals surface area contributed by atoms with Crippen molar-refractivity contribution in [3.05, 3.63) is 53.2 Å². The van der Waals surface area contributed by atoms with Gasteiger partial charge < -0.3 is 19.9 Å². The fourth-order valence-corrected chi connectivity index (χ4v) is 4.19. The van der Waals surface area contributed by atoms with Gasteiger partial charge in [-0.1, -0.05) is 37.6 Å². The number of ether oxygens (including phenoxy) is 1. The topological polar surface area (TPSA) is 59.0 Å². The number of amidine groups is 1. The number of rotatable bonds is 8. The summed E-state index contributed by atoms with van der Waals surface area (Å²) in [6, 6.07) is 11.1. The molecule has 4 rings (SSSR count). The monoisotopic (exact) mass is 395 g/mol. The molecule has 0 aliphatic carbocycles. The van der Waals surface area contributed by atoms with Crippen LogP contribution in [-0.4, -0.2) is 48.4 Å². The zero-order valence-corrected chi connectivity index (χ0v) is 17.7. The number of hydrogen-bond donors (Lipinski definition) is 1. The molecule has 1 aromatic heterocycles. The van der Waals surface area contributed by atoms with Gasteiger partial charge in [-0.3, -0.25) is 4.90 Å². The van der Waals surface area contributed by atoms with Gasteiger partial charge in [0.05, 0.1) is 12.2 Å². The molecular weight excluding hydrogens is 362 g/mol. The predicted octanol–water partition coefficient (Wildman–Crippen LogP) is 3.39. The van der Waals surface area contributed by atoms with Gasteiger partial charge in [-0.05, 0) is 49.5 Å². The first-order chi connectivity index (χ1) is 14.2. The van der Waals surface area contributed by atoms with E-state index in [-0.39, 0.29) is 6.35 Å². The maximum atomic E-state index is 6.23. The third kappa shape index (κ3) is 4.49. The van der Waals surface area contributed by atoms with E-state index >= 15 is 0 Å². The molecule has 29 heavy (non-hydrogen) atoms. The lowest BCUT2D eigenvalue weighted by Crippen LogP contribution is -2.40. The minimum absolute atomic E-state index is 0.356. The molecule has 0 radical (unpaired) electrons. The second-order valence-electron chi connectivity index (χ2n) is 8.16. The molecule has 6 nitrogen and oxygen atoms in total. The highest BCUT2D eigenvalue weighted by Crippen LogP contribution is 2.29. The van der Waals surface area contributed by atoms with Crippen molar-refractivity contribution in [1.82, 2.24) is 9.47 Å². The lowest BCUT2D eigenvalue weighted by molar-refractivity contribution is 0.0566. The quantitative estimate of drug-likeness (QED) is 0.696. The van der Waals surface area contributed by atoms with Crippen LogP contribution in [-0.2, 0) is 17.8 Å². The first-order valence-corrected chi connectivity index (χ1v) is 10.8. The number of aromatic nitrogens is 1. The summed E-state index contributed by atoms with van der Waals surface area (Å²) in [7, 11) is 2.03. The number of nitrogens with two attached hydrogens (primary N) is 1. The molecule has 1 saturated heterocycles. The van der Waals surface area contributed by atoms with Crippen molar-refractivity contribution >= 4 is 11.7 Å². The van der Waals surface area contributed by atoms with Crippen molar-refractivity contribution in [2.45, 2.75) is 52.0 Å². The zero-order valence-electron chi connectivity index (χ0n) is 17.7. The van der Waals surface area contributed by atoms with E-state index in [9.17, 15) is 0 Å². The third-order valence-corrected chi connectivity index (χ3v) is 5.87. The fourth-order valence-electron chi connectivity index (χ4n) is 4.19. The summed E-state index contributed by atoms with van der Waals surface area (Å²) in [5, 5.41) is 0. The molecule has 2 aromatic rings. The maximum Gasteiger partial charge on any atom is 0.230 e. The Kier molecular flexibility index (Phi) is 6.21. The Hall–Kier alpha value is -2.31. The van der Waals surface area contributed by atoms with Crippen molar-refractivity contribution in [2.75, 3.05) is 31.6 Å². The van der Waals surface area contributed by atoms with Crippen LogP contribution in [0.2, 0.25) is 0 Å².